The Morgan fingerprint density at radius 2 is 2.29 bits per heavy atom. The van der Waals surface area contributed by atoms with Crippen molar-refractivity contribution in [1.82, 2.24) is 4.90 Å². The van der Waals surface area contributed by atoms with Gasteiger partial charge in [0.1, 0.15) is 6.54 Å². The molecule has 4 heteroatoms. The molecule has 0 N–H and O–H groups in total. The van der Waals surface area contributed by atoms with Gasteiger partial charge in [-0.25, -0.2) is 0 Å². The lowest BCUT2D eigenvalue weighted by Gasteiger charge is -2.20. The van der Waals surface area contributed by atoms with Crippen LogP contribution < -0.4 is 0 Å². The van der Waals surface area contributed by atoms with E-state index in [4.69, 9.17) is 5.26 Å². The van der Waals surface area contributed by atoms with E-state index in [0.717, 1.165) is 22.9 Å². The van der Waals surface area contributed by atoms with Gasteiger partial charge in [-0.3, -0.25) is 4.79 Å². The van der Waals surface area contributed by atoms with Crippen LogP contribution >= 0.6 is 15.9 Å². The van der Waals surface area contributed by atoms with Crippen LogP contribution in [0, 0.1) is 18.3 Å². The van der Waals surface area contributed by atoms with Crippen LogP contribution in [0.5, 0.6) is 0 Å². The van der Waals surface area contributed by atoms with Crippen molar-refractivity contribution in [2.75, 3.05) is 6.54 Å². The molecule has 1 aliphatic carbocycles. The smallest absolute Gasteiger partial charge is 0.255 e. The monoisotopic (exact) mass is 292 g/mol. The molecule has 3 nitrogen and oxygen atoms in total. The van der Waals surface area contributed by atoms with Crippen LogP contribution in [0.25, 0.3) is 0 Å². The number of benzene rings is 1. The van der Waals surface area contributed by atoms with Crippen molar-refractivity contribution in [2.45, 2.75) is 25.8 Å². The fraction of sp³-hybridized carbons (Fsp3) is 0.385. The van der Waals surface area contributed by atoms with Crippen molar-refractivity contribution in [3.05, 3.63) is 33.8 Å². The number of rotatable bonds is 3. The van der Waals surface area contributed by atoms with Gasteiger partial charge in [-0.05, 0) is 43.5 Å². The van der Waals surface area contributed by atoms with E-state index in [9.17, 15) is 4.79 Å². The standard InChI is InChI=1S/C13H13BrN2O/c1-9-8-10(14)2-5-12(9)13(17)16(7-6-15)11-3-4-11/h2,5,8,11H,3-4,7H2,1H3. The van der Waals surface area contributed by atoms with Crippen molar-refractivity contribution in [2.24, 2.45) is 0 Å². The molecule has 0 saturated heterocycles. The lowest BCUT2D eigenvalue weighted by atomic mass is 10.1. The van der Waals surface area contributed by atoms with Gasteiger partial charge in [0.15, 0.2) is 0 Å². The van der Waals surface area contributed by atoms with E-state index in [1.54, 1.807) is 4.90 Å². The summed E-state index contributed by atoms with van der Waals surface area (Å²) < 4.78 is 0.963. The first-order valence-corrected chi connectivity index (χ1v) is 6.37. The molecule has 0 bridgehead atoms. The third kappa shape index (κ3) is 2.67. The summed E-state index contributed by atoms with van der Waals surface area (Å²) in [6.07, 6.45) is 2.03. The van der Waals surface area contributed by atoms with Crippen LogP contribution in [0.3, 0.4) is 0 Å². The lowest BCUT2D eigenvalue weighted by Crippen LogP contribution is -2.33. The molecule has 1 fully saturated rings. The van der Waals surface area contributed by atoms with E-state index in [0.29, 0.717) is 5.56 Å². The highest BCUT2D eigenvalue weighted by Crippen LogP contribution is 2.28. The zero-order chi connectivity index (χ0) is 12.4. The molecule has 17 heavy (non-hydrogen) atoms. The van der Waals surface area contributed by atoms with Crippen molar-refractivity contribution >= 4 is 21.8 Å². The van der Waals surface area contributed by atoms with E-state index >= 15 is 0 Å². The molecule has 1 aromatic carbocycles. The number of hydrogen-bond donors (Lipinski definition) is 0. The van der Waals surface area contributed by atoms with Crippen molar-refractivity contribution in [3.63, 3.8) is 0 Å². The minimum Gasteiger partial charge on any atom is -0.322 e. The Kier molecular flexibility index (Phi) is 3.49. The predicted octanol–water partition coefficient (Wildman–Crippen LogP) is 2.89. The van der Waals surface area contributed by atoms with Gasteiger partial charge in [0.05, 0.1) is 6.07 Å². The molecule has 1 saturated carbocycles. The minimum absolute atomic E-state index is 0.0287. The SMILES string of the molecule is Cc1cc(Br)ccc1C(=O)N(CC#N)C1CC1. The zero-order valence-corrected chi connectivity index (χ0v) is 11.2. The molecule has 88 valence electrons. The Morgan fingerprint density at radius 3 is 2.82 bits per heavy atom. The normalized spacial score (nSPS) is 14.2. The Hall–Kier alpha value is -1.34. The van der Waals surface area contributed by atoms with Gasteiger partial charge in [0.2, 0.25) is 0 Å². The number of hydrogen-bond acceptors (Lipinski definition) is 2. The average molecular weight is 293 g/mol. The van der Waals surface area contributed by atoms with Gasteiger partial charge >= 0.3 is 0 Å². The molecule has 0 heterocycles. The molecule has 0 radical (unpaired) electrons. The van der Waals surface area contributed by atoms with Crippen LogP contribution in [-0.4, -0.2) is 23.4 Å². The van der Waals surface area contributed by atoms with E-state index in [2.05, 4.69) is 22.0 Å². The maximum absolute atomic E-state index is 12.3. The minimum atomic E-state index is -0.0287. The van der Waals surface area contributed by atoms with Crippen LogP contribution in [0.4, 0.5) is 0 Å². The maximum Gasteiger partial charge on any atom is 0.255 e. The summed E-state index contributed by atoms with van der Waals surface area (Å²) >= 11 is 3.38. The first-order chi connectivity index (χ1) is 8.13. The van der Waals surface area contributed by atoms with Gasteiger partial charge in [-0.2, -0.15) is 5.26 Å². The van der Waals surface area contributed by atoms with Gasteiger partial charge in [-0.1, -0.05) is 15.9 Å². The number of carbonyl (C=O) groups excluding carboxylic acids is 1. The van der Waals surface area contributed by atoms with Crippen LogP contribution in [-0.2, 0) is 0 Å². The topological polar surface area (TPSA) is 44.1 Å². The molecule has 0 spiro atoms. The van der Waals surface area contributed by atoms with Crippen molar-refractivity contribution in [1.29, 1.82) is 5.26 Å². The number of nitrogens with zero attached hydrogens (tertiary/aromatic N) is 2. The second-order valence-electron chi connectivity index (χ2n) is 4.28. The van der Waals surface area contributed by atoms with Crippen LogP contribution in [0.15, 0.2) is 22.7 Å². The summed E-state index contributed by atoms with van der Waals surface area (Å²) in [6.45, 7) is 2.09. The summed E-state index contributed by atoms with van der Waals surface area (Å²) in [4.78, 5) is 14.0. The highest BCUT2D eigenvalue weighted by Gasteiger charge is 2.33. The molecule has 1 amide bonds. The summed E-state index contributed by atoms with van der Waals surface area (Å²) in [5, 5.41) is 8.77. The number of halogens is 1. The van der Waals surface area contributed by atoms with Crippen molar-refractivity contribution in [3.8, 4) is 6.07 Å². The van der Waals surface area contributed by atoms with Gasteiger partial charge in [-0.15, -0.1) is 0 Å². The molecule has 0 aromatic heterocycles. The molecular formula is C13H13BrN2O. The number of nitriles is 1. The third-order valence-corrected chi connectivity index (χ3v) is 3.40. The fourth-order valence-corrected chi connectivity index (χ4v) is 2.33. The highest BCUT2D eigenvalue weighted by molar-refractivity contribution is 9.10. The lowest BCUT2D eigenvalue weighted by molar-refractivity contribution is 0.0764. The van der Waals surface area contributed by atoms with Crippen LogP contribution in [0.1, 0.15) is 28.8 Å². The van der Waals surface area contributed by atoms with Gasteiger partial charge in [0.25, 0.3) is 5.91 Å². The molecule has 0 unspecified atom stereocenters. The molecule has 1 aromatic rings. The molecule has 0 aliphatic heterocycles. The molecular weight excluding hydrogens is 280 g/mol. The molecule has 2 rings (SSSR count). The van der Waals surface area contributed by atoms with E-state index in [-0.39, 0.29) is 18.5 Å². The number of carbonyl (C=O) groups is 1. The summed E-state index contributed by atoms with van der Waals surface area (Å²) in [7, 11) is 0. The fourth-order valence-electron chi connectivity index (χ4n) is 1.85. The molecule has 1 aliphatic rings. The quantitative estimate of drug-likeness (QED) is 0.804. The Labute approximate surface area is 109 Å². The first-order valence-electron chi connectivity index (χ1n) is 5.57. The zero-order valence-electron chi connectivity index (χ0n) is 9.61. The number of amides is 1. The third-order valence-electron chi connectivity index (χ3n) is 2.91. The van der Waals surface area contributed by atoms with Crippen LogP contribution in [0.2, 0.25) is 0 Å². The summed E-state index contributed by atoms with van der Waals surface area (Å²) in [6, 6.07) is 7.93. The Bertz CT molecular complexity index is 489. The van der Waals surface area contributed by atoms with Crippen molar-refractivity contribution < 1.29 is 4.79 Å². The second-order valence-corrected chi connectivity index (χ2v) is 5.20. The Morgan fingerprint density at radius 1 is 1.59 bits per heavy atom. The molecule has 0 atom stereocenters. The van der Waals surface area contributed by atoms with Gasteiger partial charge < -0.3 is 4.90 Å². The maximum atomic E-state index is 12.3. The van der Waals surface area contributed by atoms with Gasteiger partial charge in [0, 0.05) is 16.1 Å². The summed E-state index contributed by atoms with van der Waals surface area (Å²) in [5.74, 6) is -0.0287. The van der Waals surface area contributed by atoms with E-state index in [1.807, 2.05) is 25.1 Å². The largest absolute Gasteiger partial charge is 0.322 e. The summed E-state index contributed by atoms with van der Waals surface area (Å²) in [5.41, 5.74) is 1.63. The first kappa shape index (κ1) is 12.1. The average Bonchev–Trinajstić information content (AvgIpc) is 3.09. The Balaban J connectivity index is 2.25. The van der Waals surface area contributed by atoms with E-state index in [1.165, 1.54) is 0 Å². The second kappa shape index (κ2) is 4.89. The number of aryl methyl sites for hydroxylation is 1. The van der Waals surface area contributed by atoms with E-state index < -0.39 is 0 Å². The predicted molar refractivity (Wildman–Crippen MR) is 68.6 cm³/mol. The highest BCUT2D eigenvalue weighted by atomic mass is 79.9.